The number of hydrogen-bond donors (Lipinski definition) is 2. The van der Waals surface area contributed by atoms with Crippen molar-refractivity contribution in [3.8, 4) is 0 Å². The molecule has 3 aliphatic rings. The molecule has 4 rings (SSSR count). The van der Waals surface area contributed by atoms with E-state index in [0.29, 0.717) is 24.7 Å². The van der Waals surface area contributed by atoms with Crippen molar-refractivity contribution < 1.29 is 9.53 Å². The largest absolute Gasteiger partial charge is 0.381 e. The molecule has 3 heterocycles. The number of aromatic nitrogens is 1. The van der Waals surface area contributed by atoms with Crippen LogP contribution >= 0.6 is 0 Å². The summed E-state index contributed by atoms with van der Waals surface area (Å²) in [5.41, 5.74) is 1.03. The lowest BCUT2D eigenvalue weighted by atomic mass is 9.91. The van der Waals surface area contributed by atoms with Crippen LogP contribution in [0.1, 0.15) is 50.6 Å². The van der Waals surface area contributed by atoms with Crippen LogP contribution in [0.4, 0.5) is 0 Å². The SMILES string of the molecule is O=C(NCCc1ccccn1)[C@@H]1CC[C@H](NC2CCC2)CN(C2CCOCC2)C1. The second-order valence-electron chi connectivity index (χ2n) is 8.93. The zero-order valence-electron chi connectivity index (χ0n) is 17.5. The first-order valence-corrected chi connectivity index (χ1v) is 11.5. The lowest BCUT2D eigenvalue weighted by molar-refractivity contribution is -0.125. The molecule has 160 valence electrons. The summed E-state index contributed by atoms with van der Waals surface area (Å²) in [5.74, 6) is 0.289. The van der Waals surface area contributed by atoms with Gasteiger partial charge in [0.1, 0.15) is 0 Å². The van der Waals surface area contributed by atoms with Crippen LogP contribution in [0.3, 0.4) is 0 Å². The highest BCUT2D eigenvalue weighted by atomic mass is 16.5. The van der Waals surface area contributed by atoms with Crippen molar-refractivity contribution in [1.82, 2.24) is 20.5 Å². The van der Waals surface area contributed by atoms with Crippen LogP contribution in [0.5, 0.6) is 0 Å². The lowest BCUT2D eigenvalue weighted by Crippen LogP contribution is -2.50. The molecule has 0 unspecified atom stereocenters. The van der Waals surface area contributed by atoms with E-state index in [1.165, 1.54) is 19.3 Å². The first-order chi connectivity index (χ1) is 14.3. The standard InChI is InChI=1S/C23H36N4O2/c28-23(25-13-9-19-4-1-2-12-24-19)18-7-8-21(26-20-5-3-6-20)17-27(16-18)22-10-14-29-15-11-22/h1-2,4,12,18,20-22,26H,3,5-11,13-17H2,(H,25,28)/t18-,21+/m1/s1. The number of carbonyl (C=O) groups excluding carboxylic acids is 1. The number of likely N-dealkylation sites (tertiary alicyclic amines) is 1. The third-order valence-corrected chi connectivity index (χ3v) is 6.83. The van der Waals surface area contributed by atoms with Gasteiger partial charge in [-0.1, -0.05) is 12.5 Å². The molecule has 1 aliphatic carbocycles. The molecule has 29 heavy (non-hydrogen) atoms. The second-order valence-corrected chi connectivity index (χ2v) is 8.93. The molecule has 0 aromatic carbocycles. The Balaban J connectivity index is 1.32. The van der Waals surface area contributed by atoms with Crippen molar-refractivity contribution >= 4 is 5.91 Å². The molecule has 0 radical (unpaired) electrons. The van der Waals surface area contributed by atoms with Crippen molar-refractivity contribution in [1.29, 1.82) is 0 Å². The third-order valence-electron chi connectivity index (χ3n) is 6.83. The minimum atomic E-state index is 0.0785. The summed E-state index contributed by atoms with van der Waals surface area (Å²) in [6.07, 6.45) is 10.8. The van der Waals surface area contributed by atoms with Crippen molar-refractivity contribution in [3.63, 3.8) is 0 Å². The van der Waals surface area contributed by atoms with Crippen LogP contribution in [0, 0.1) is 5.92 Å². The maximum absolute atomic E-state index is 13.0. The Morgan fingerprint density at radius 2 is 1.93 bits per heavy atom. The molecule has 3 fully saturated rings. The molecule has 2 N–H and O–H groups in total. The van der Waals surface area contributed by atoms with Crippen molar-refractivity contribution in [2.45, 2.75) is 69.5 Å². The van der Waals surface area contributed by atoms with Crippen molar-refractivity contribution in [2.75, 3.05) is 32.8 Å². The van der Waals surface area contributed by atoms with E-state index in [2.05, 4.69) is 20.5 Å². The topological polar surface area (TPSA) is 66.5 Å². The fraction of sp³-hybridized carbons (Fsp3) is 0.739. The van der Waals surface area contributed by atoms with E-state index in [4.69, 9.17) is 4.74 Å². The molecule has 1 saturated carbocycles. The molecule has 0 bridgehead atoms. The van der Waals surface area contributed by atoms with Gasteiger partial charge in [-0.2, -0.15) is 0 Å². The highest BCUT2D eigenvalue weighted by Crippen LogP contribution is 2.25. The molecule has 6 nitrogen and oxygen atoms in total. The highest BCUT2D eigenvalue weighted by Gasteiger charge is 2.33. The molecule has 1 amide bonds. The molecule has 6 heteroatoms. The highest BCUT2D eigenvalue weighted by molar-refractivity contribution is 5.78. The summed E-state index contributed by atoms with van der Waals surface area (Å²) in [6, 6.07) is 7.69. The Hall–Kier alpha value is -1.50. The normalized spacial score (nSPS) is 27.2. The molecule has 1 aromatic rings. The third kappa shape index (κ3) is 6.00. The van der Waals surface area contributed by atoms with Gasteiger partial charge in [0.15, 0.2) is 0 Å². The van der Waals surface area contributed by atoms with E-state index in [1.54, 1.807) is 0 Å². The average molecular weight is 401 g/mol. The van der Waals surface area contributed by atoms with Crippen LogP contribution in [0.25, 0.3) is 0 Å². The fourth-order valence-electron chi connectivity index (χ4n) is 4.84. The number of pyridine rings is 1. The first-order valence-electron chi connectivity index (χ1n) is 11.5. The van der Waals surface area contributed by atoms with Gasteiger partial charge in [-0.15, -0.1) is 0 Å². The molecule has 2 aliphatic heterocycles. The van der Waals surface area contributed by atoms with Crippen LogP contribution < -0.4 is 10.6 Å². The summed E-state index contributed by atoms with van der Waals surface area (Å²) in [5, 5.41) is 7.05. The van der Waals surface area contributed by atoms with Crippen LogP contribution in [0.2, 0.25) is 0 Å². The van der Waals surface area contributed by atoms with E-state index < -0.39 is 0 Å². The predicted octanol–water partition coefficient (Wildman–Crippen LogP) is 2.14. The molecule has 2 atom stereocenters. The maximum Gasteiger partial charge on any atom is 0.224 e. The van der Waals surface area contributed by atoms with Gasteiger partial charge < -0.3 is 15.4 Å². The van der Waals surface area contributed by atoms with E-state index in [0.717, 1.165) is 64.1 Å². The average Bonchev–Trinajstić information content (AvgIpc) is 2.95. The number of carbonyl (C=O) groups is 1. The Labute approximate surface area is 174 Å². The van der Waals surface area contributed by atoms with E-state index >= 15 is 0 Å². The first kappa shape index (κ1) is 20.8. The molecular weight excluding hydrogens is 364 g/mol. The van der Waals surface area contributed by atoms with Gasteiger partial charge in [-0.05, 0) is 50.7 Å². The zero-order chi connectivity index (χ0) is 19.9. The number of rotatable bonds is 7. The summed E-state index contributed by atoms with van der Waals surface area (Å²) >= 11 is 0. The summed E-state index contributed by atoms with van der Waals surface area (Å²) in [6.45, 7) is 4.31. The number of amides is 1. The minimum Gasteiger partial charge on any atom is -0.381 e. The summed E-state index contributed by atoms with van der Waals surface area (Å²) < 4.78 is 5.58. The van der Waals surface area contributed by atoms with Gasteiger partial charge in [0.05, 0.1) is 5.92 Å². The molecule has 0 spiro atoms. The van der Waals surface area contributed by atoms with E-state index in [-0.39, 0.29) is 11.8 Å². The minimum absolute atomic E-state index is 0.0785. The lowest BCUT2D eigenvalue weighted by Gasteiger charge is -2.38. The van der Waals surface area contributed by atoms with Gasteiger partial charge in [0.2, 0.25) is 5.91 Å². The van der Waals surface area contributed by atoms with Gasteiger partial charge in [0, 0.05) is 69.3 Å². The Morgan fingerprint density at radius 3 is 2.66 bits per heavy atom. The molecule has 1 aromatic heterocycles. The monoisotopic (exact) mass is 400 g/mol. The van der Waals surface area contributed by atoms with E-state index in [1.807, 2.05) is 24.4 Å². The Bertz CT molecular complexity index is 631. The molecular formula is C23H36N4O2. The van der Waals surface area contributed by atoms with Gasteiger partial charge in [-0.3, -0.25) is 14.7 Å². The maximum atomic E-state index is 13.0. The number of ether oxygens (including phenoxy) is 1. The fourth-order valence-corrected chi connectivity index (χ4v) is 4.84. The van der Waals surface area contributed by atoms with E-state index in [9.17, 15) is 4.79 Å². The Morgan fingerprint density at radius 1 is 1.07 bits per heavy atom. The summed E-state index contributed by atoms with van der Waals surface area (Å²) in [7, 11) is 0. The quantitative estimate of drug-likeness (QED) is 0.734. The van der Waals surface area contributed by atoms with Gasteiger partial charge >= 0.3 is 0 Å². The van der Waals surface area contributed by atoms with Crippen molar-refractivity contribution in [2.24, 2.45) is 5.92 Å². The predicted molar refractivity (Wildman–Crippen MR) is 114 cm³/mol. The zero-order valence-corrected chi connectivity index (χ0v) is 17.5. The number of nitrogens with zero attached hydrogens (tertiary/aromatic N) is 2. The number of hydrogen-bond acceptors (Lipinski definition) is 5. The van der Waals surface area contributed by atoms with Crippen LogP contribution in [-0.2, 0) is 16.0 Å². The van der Waals surface area contributed by atoms with Crippen LogP contribution in [-0.4, -0.2) is 66.8 Å². The van der Waals surface area contributed by atoms with Gasteiger partial charge in [0.25, 0.3) is 0 Å². The Kier molecular flexibility index (Phi) is 7.52. The molecule has 2 saturated heterocycles. The van der Waals surface area contributed by atoms with Crippen LogP contribution in [0.15, 0.2) is 24.4 Å². The van der Waals surface area contributed by atoms with Crippen molar-refractivity contribution in [3.05, 3.63) is 30.1 Å². The summed E-state index contributed by atoms with van der Waals surface area (Å²) in [4.78, 5) is 19.9. The smallest absolute Gasteiger partial charge is 0.224 e. The number of nitrogens with one attached hydrogen (secondary N) is 2. The van der Waals surface area contributed by atoms with Gasteiger partial charge in [-0.25, -0.2) is 0 Å². The second kappa shape index (κ2) is 10.5.